The van der Waals surface area contributed by atoms with Crippen LogP contribution in [-0.2, 0) is 4.74 Å². The van der Waals surface area contributed by atoms with E-state index in [0.717, 1.165) is 25.2 Å². The first-order valence-electron chi connectivity index (χ1n) is 4.20. The first-order chi connectivity index (χ1) is 5.95. The van der Waals surface area contributed by atoms with E-state index in [1.165, 1.54) is 0 Å². The van der Waals surface area contributed by atoms with Gasteiger partial charge in [-0.05, 0) is 12.5 Å². The molecule has 1 fully saturated rings. The lowest BCUT2D eigenvalue weighted by atomic mass is 10.3. The topological polar surface area (TPSA) is 18.5 Å². The first-order valence-corrected chi connectivity index (χ1v) is 4.20. The van der Waals surface area contributed by atoms with E-state index >= 15 is 0 Å². The molecule has 2 heteroatoms. The Balaban J connectivity index is 1.94. The van der Waals surface area contributed by atoms with Gasteiger partial charge in [-0.25, -0.2) is 0 Å². The quantitative estimate of drug-likeness (QED) is 0.664. The Hall–Kier alpha value is -1.02. The van der Waals surface area contributed by atoms with Crippen molar-refractivity contribution in [3.8, 4) is 5.75 Å². The molecule has 0 aromatic heterocycles. The Morgan fingerprint density at radius 2 is 2.50 bits per heavy atom. The van der Waals surface area contributed by atoms with E-state index in [0.29, 0.717) is 0 Å². The van der Waals surface area contributed by atoms with Crippen molar-refractivity contribution in [2.24, 2.45) is 0 Å². The van der Waals surface area contributed by atoms with E-state index < -0.39 is 0 Å². The second-order valence-corrected chi connectivity index (χ2v) is 2.79. The highest BCUT2D eigenvalue weighted by Gasteiger charge is 2.16. The van der Waals surface area contributed by atoms with Gasteiger partial charge in [0, 0.05) is 12.5 Å². The molecule has 1 aliphatic rings. The van der Waals surface area contributed by atoms with Gasteiger partial charge in [0.15, 0.2) is 6.29 Å². The Kier molecular flexibility index (Phi) is 2.28. The number of hydrogen-bond acceptors (Lipinski definition) is 2. The molecule has 1 aromatic carbocycles. The van der Waals surface area contributed by atoms with Crippen LogP contribution in [0.4, 0.5) is 0 Å². The van der Waals surface area contributed by atoms with Crippen LogP contribution in [0, 0.1) is 6.07 Å². The van der Waals surface area contributed by atoms with Gasteiger partial charge in [-0.1, -0.05) is 18.2 Å². The van der Waals surface area contributed by atoms with Crippen LogP contribution >= 0.6 is 0 Å². The monoisotopic (exact) mass is 163 g/mol. The third-order valence-electron chi connectivity index (χ3n) is 1.83. The summed E-state index contributed by atoms with van der Waals surface area (Å²) in [5, 5.41) is 0. The van der Waals surface area contributed by atoms with Crippen LogP contribution in [0.15, 0.2) is 24.3 Å². The highest BCUT2D eigenvalue weighted by molar-refractivity contribution is 5.19. The van der Waals surface area contributed by atoms with E-state index in [2.05, 4.69) is 6.07 Å². The van der Waals surface area contributed by atoms with Crippen LogP contribution in [-0.4, -0.2) is 12.9 Å². The van der Waals surface area contributed by atoms with E-state index in [1.807, 2.05) is 24.3 Å². The van der Waals surface area contributed by atoms with Gasteiger partial charge in [0.25, 0.3) is 0 Å². The molecule has 1 heterocycles. The normalized spacial score (nSPS) is 22.5. The van der Waals surface area contributed by atoms with Crippen LogP contribution in [0.1, 0.15) is 12.8 Å². The molecule has 63 valence electrons. The summed E-state index contributed by atoms with van der Waals surface area (Å²) >= 11 is 0. The van der Waals surface area contributed by atoms with E-state index in [9.17, 15) is 0 Å². The summed E-state index contributed by atoms with van der Waals surface area (Å²) in [6.45, 7) is 0.817. The first kappa shape index (κ1) is 7.62. The zero-order valence-electron chi connectivity index (χ0n) is 6.82. The Morgan fingerprint density at radius 3 is 3.17 bits per heavy atom. The lowest BCUT2D eigenvalue weighted by Crippen LogP contribution is -2.13. The predicted octanol–water partition coefficient (Wildman–Crippen LogP) is 2.00. The maximum atomic E-state index is 5.50. The van der Waals surface area contributed by atoms with Gasteiger partial charge in [0.1, 0.15) is 5.75 Å². The molecule has 12 heavy (non-hydrogen) atoms. The summed E-state index contributed by atoms with van der Waals surface area (Å²) in [4.78, 5) is 0. The van der Waals surface area contributed by atoms with Crippen molar-refractivity contribution < 1.29 is 9.47 Å². The molecule has 0 spiro atoms. The van der Waals surface area contributed by atoms with Crippen LogP contribution in [0.25, 0.3) is 0 Å². The van der Waals surface area contributed by atoms with Crippen molar-refractivity contribution >= 4 is 0 Å². The van der Waals surface area contributed by atoms with Crippen molar-refractivity contribution in [2.75, 3.05) is 6.61 Å². The van der Waals surface area contributed by atoms with Gasteiger partial charge in [0.2, 0.25) is 0 Å². The van der Waals surface area contributed by atoms with E-state index in [4.69, 9.17) is 9.47 Å². The summed E-state index contributed by atoms with van der Waals surface area (Å²) in [6.07, 6.45) is 2.03. The molecule has 0 bridgehead atoms. The molecule has 2 rings (SSSR count). The van der Waals surface area contributed by atoms with E-state index in [-0.39, 0.29) is 6.29 Å². The minimum atomic E-state index is -0.0522. The van der Waals surface area contributed by atoms with Crippen LogP contribution in [0.3, 0.4) is 0 Å². The third-order valence-corrected chi connectivity index (χ3v) is 1.83. The van der Waals surface area contributed by atoms with Crippen molar-refractivity contribution in [3.63, 3.8) is 0 Å². The molecule has 0 saturated carbocycles. The molecule has 0 amide bonds. The molecular formula is C10H11O2. The number of hydrogen-bond donors (Lipinski definition) is 0. The van der Waals surface area contributed by atoms with Gasteiger partial charge >= 0.3 is 0 Å². The molecule has 1 aromatic rings. The fourth-order valence-corrected chi connectivity index (χ4v) is 1.23. The average Bonchev–Trinajstić information content (AvgIpc) is 2.59. The second-order valence-electron chi connectivity index (χ2n) is 2.79. The molecule has 0 aliphatic carbocycles. The summed E-state index contributed by atoms with van der Waals surface area (Å²) in [5.41, 5.74) is 0. The Morgan fingerprint density at radius 1 is 1.50 bits per heavy atom. The summed E-state index contributed by atoms with van der Waals surface area (Å²) in [7, 11) is 0. The third kappa shape index (κ3) is 1.77. The number of rotatable bonds is 2. The zero-order chi connectivity index (χ0) is 8.23. The van der Waals surface area contributed by atoms with Crippen molar-refractivity contribution in [1.82, 2.24) is 0 Å². The number of ether oxygens (including phenoxy) is 2. The van der Waals surface area contributed by atoms with Gasteiger partial charge in [0.05, 0.1) is 6.61 Å². The van der Waals surface area contributed by atoms with Gasteiger partial charge in [-0.3, -0.25) is 0 Å². The summed E-state index contributed by atoms with van der Waals surface area (Å²) in [5.74, 6) is 0.768. The minimum absolute atomic E-state index is 0.0522. The van der Waals surface area contributed by atoms with Gasteiger partial charge in [-0.2, -0.15) is 0 Å². The largest absolute Gasteiger partial charge is 0.464 e. The van der Waals surface area contributed by atoms with Crippen molar-refractivity contribution in [1.29, 1.82) is 0 Å². The number of para-hydroxylation sites is 1. The molecule has 0 N–H and O–H groups in total. The minimum Gasteiger partial charge on any atom is -0.464 e. The van der Waals surface area contributed by atoms with E-state index in [1.54, 1.807) is 0 Å². The standard InChI is InChI=1S/C10H11O2/c1-2-5-9(6-3-1)12-10-7-4-8-11-10/h1-3,5,10H,4,7-8H2. The lowest BCUT2D eigenvalue weighted by molar-refractivity contribution is -0.0391. The SMILES string of the molecule is [c]1ccccc1OC1CCCO1. The summed E-state index contributed by atoms with van der Waals surface area (Å²) < 4.78 is 10.8. The van der Waals surface area contributed by atoms with Crippen LogP contribution < -0.4 is 4.74 Å². The molecule has 1 radical (unpaired) electrons. The predicted molar refractivity (Wildman–Crippen MR) is 44.9 cm³/mol. The molecule has 1 saturated heterocycles. The zero-order valence-corrected chi connectivity index (χ0v) is 6.82. The molecule has 1 atom stereocenters. The maximum absolute atomic E-state index is 5.50. The molecule has 2 nitrogen and oxygen atoms in total. The number of benzene rings is 1. The van der Waals surface area contributed by atoms with Crippen molar-refractivity contribution in [3.05, 3.63) is 30.3 Å². The van der Waals surface area contributed by atoms with Crippen LogP contribution in [0.2, 0.25) is 0 Å². The Bertz CT molecular complexity index is 227. The van der Waals surface area contributed by atoms with Gasteiger partial charge in [-0.15, -0.1) is 0 Å². The molecule has 1 unspecified atom stereocenters. The second kappa shape index (κ2) is 3.59. The maximum Gasteiger partial charge on any atom is 0.199 e. The average molecular weight is 163 g/mol. The summed E-state index contributed by atoms with van der Waals surface area (Å²) in [6, 6.07) is 10.6. The van der Waals surface area contributed by atoms with Crippen molar-refractivity contribution in [2.45, 2.75) is 19.1 Å². The highest BCUT2D eigenvalue weighted by Crippen LogP contribution is 2.17. The molecular weight excluding hydrogens is 152 g/mol. The Labute approximate surface area is 72.1 Å². The fourth-order valence-electron chi connectivity index (χ4n) is 1.23. The lowest BCUT2D eigenvalue weighted by Gasteiger charge is -2.11. The van der Waals surface area contributed by atoms with Gasteiger partial charge < -0.3 is 9.47 Å². The highest BCUT2D eigenvalue weighted by atomic mass is 16.7. The fraction of sp³-hybridized carbons (Fsp3) is 0.400. The smallest absolute Gasteiger partial charge is 0.199 e. The van der Waals surface area contributed by atoms with Crippen LogP contribution in [0.5, 0.6) is 5.75 Å². The molecule has 1 aliphatic heterocycles.